The van der Waals surface area contributed by atoms with E-state index in [0.29, 0.717) is 11.6 Å². The maximum atomic E-state index is 12.8. The van der Waals surface area contributed by atoms with Crippen LogP contribution in [-0.2, 0) is 16.6 Å². The van der Waals surface area contributed by atoms with Crippen molar-refractivity contribution in [1.82, 2.24) is 9.88 Å². The molecule has 0 radical (unpaired) electrons. The van der Waals surface area contributed by atoms with Crippen LogP contribution < -0.4 is 0 Å². The van der Waals surface area contributed by atoms with Crippen LogP contribution in [0.25, 0.3) is 0 Å². The largest absolute Gasteiger partial charge is 0.345 e. The van der Waals surface area contributed by atoms with Crippen molar-refractivity contribution in [3.05, 3.63) is 64.9 Å². The van der Waals surface area contributed by atoms with Crippen LogP contribution in [0.3, 0.4) is 0 Å². The predicted octanol–water partition coefficient (Wildman–Crippen LogP) is 3.71. The molecule has 0 fully saturated rings. The lowest BCUT2D eigenvalue weighted by Gasteiger charge is -2.30. The van der Waals surface area contributed by atoms with Gasteiger partial charge in [-0.05, 0) is 55.7 Å². The first-order valence-corrected chi connectivity index (χ1v) is 7.69. The number of rotatable bonds is 5. The molecule has 3 nitrogen and oxygen atoms in total. The second kappa shape index (κ2) is 6.93. The summed E-state index contributed by atoms with van der Waals surface area (Å²) in [5.74, 6) is 0.101. The topological polar surface area (TPSA) is 33.2 Å². The Morgan fingerprint density at radius 2 is 1.73 bits per heavy atom. The fraction of sp³-hybridized carbons (Fsp3) is 0.333. The minimum absolute atomic E-state index is 0.101. The highest BCUT2D eigenvalue weighted by atomic mass is 35.5. The van der Waals surface area contributed by atoms with Gasteiger partial charge in [0.2, 0.25) is 5.91 Å². The summed E-state index contributed by atoms with van der Waals surface area (Å²) in [6.07, 6.45) is 4.37. The van der Waals surface area contributed by atoms with E-state index in [1.54, 1.807) is 17.3 Å². The first kappa shape index (κ1) is 16.5. The van der Waals surface area contributed by atoms with Gasteiger partial charge in [0.25, 0.3) is 0 Å². The van der Waals surface area contributed by atoms with Gasteiger partial charge in [-0.15, -0.1) is 0 Å². The molecule has 0 N–H and O–H groups in total. The van der Waals surface area contributed by atoms with Gasteiger partial charge in [0.15, 0.2) is 0 Å². The molecule has 0 aliphatic heterocycles. The number of hydrogen-bond donors (Lipinski definition) is 0. The number of pyridine rings is 1. The number of carbonyl (C=O) groups excluding carboxylic acids is 1. The van der Waals surface area contributed by atoms with E-state index in [9.17, 15) is 4.79 Å². The Morgan fingerprint density at radius 1 is 1.14 bits per heavy atom. The molecule has 0 aliphatic carbocycles. The van der Waals surface area contributed by atoms with Crippen LogP contribution in [0.1, 0.15) is 25.0 Å². The number of benzene rings is 1. The van der Waals surface area contributed by atoms with Gasteiger partial charge in [-0.25, -0.2) is 0 Å². The highest BCUT2D eigenvalue weighted by Crippen LogP contribution is 2.26. The Morgan fingerprint density at radius 3 is 2.32 bits per heavy atom. The summed E-state index contributed by atoms with van der Waals surface area (Å²) >= 11 is 5.92. The first-order chi connectivity index (χ1) is 10.4. The van der Waals surface area contributed by atoms with Crippen LogP contribution >= 0.6 is 11.6 Å². The second-order valence-corrected chi connectivity index (χ2v) is 6.40. The summed E-state index contributed by atoms with van der Waals surface area (Å²) in [6.45, 7) is 4.57. The van der Waals surface area contributed by atoms with Crippen molar-refractivity contribution in [2.75, 3.05) is 13.6 Å². The summed E-state index contributed by atoms with van der Waals surface area (Å²) in [5, 5.41) is 0.679. The van der Waals surface area contributed by atoms with Crippen LogP contribution in [0.15, 0.2) is 48.8 Å². The van der Waals surface area contributed by atoms with E-state index < -0.39 is 5.41 Å². The molecule has 0 unspecified atom stereocenters. The lowest BCUT2D eigenvalue weighted by molar-refractivity contribution is -0.134. The van der Waals surface area contributed by atoms with Gasteiger partial charge >= 0.3 is 0 Å². The molecule has 0 spiro atoms. The van der Waals surface area contributed by atoms with Gasteiger partial charge in [-0.1, -0.05) is 23.7 Å². The van der Waals surface area contributed by atoms with E-state index in [2.05, 4.69) is 4.98 Å². The Kier molecular flexibility index (Phi) is 5.19. The van der Waals surface area contributed by atoms with Crippen LogP contribution in [0.4, 0.5) is 0 Å². The Balaban J connectivity index is 2.04. The van der Waals surface area contributed by atoms with E-state index in [1.165, 1.54) is 5.56 Å². The quantitative estimate of drug-likeness (QED) is 0.842. The van der Waals surface area contributed by atoms with Gasteiger partial charge in [0, 0.05) is 31.0 Å². The molecule has 0 saturated carbocycles. The molecule has 2 rings (SSSR count). The number of halogens is 1. The molecule has 0 atom stereocenters. The molecule has 0 bridgehead atoms. The lowest BCUT2D eigenvalue weighted by Crippen LogP contribution is -2.42. The average molecular weight is 317 g/mol. The molecule has 1 aromatic carbocycles. The predicted molar refractivity (Wildman–Crippen MR) is 90.1 cm³/mol. The number of carbonyl (C=O) groups is 1. The van der Waals surface area contributed by atoms with Crippen LogP contribution in [0.5, 0.6) is 0 Å². The van der Waals surface area contributed by atoms with Crippen molar-refractivity contribution in [2.24, 2.45) is 0 Å². The Hall–Kier alpha value is -1.87. The maximum Gasteiger partial charge on any atom is 0.232 e. The van der Waals surface area contributed by atoms with Crippen LogP contribution in [-0.4, -0.2) is 29.4 Å². The maximum absolute atomic E-state index is 12.8. The molecule has 116 valence electrons. The van der Waals surface area contributed by atoms with E-state index in [0.717, 1.165) is 12.0 Å². The van der Waals surface area contributed by atoms with Gasteiger partial charge in [-0.2, -0.15) is 0 Å². The number of likely N-dealkylation sites (N-methyl/N-ethyl adjacent to an activating group) is 1. The van der Waals surface area contributed by atoms with Crippen molar-refractivity contribution >= 4 is 17.5 Å². The zero-order valence-electron chi connectivity index (χ0n) is 13.2. The number of amides is 1. The van der Waals surface area contributed by atoms with E-state index in [-0.39, 0.29) is 5.91 Å². The fourth-order valence-corrected chi connectivity index (χ4v) is 2.54. The van der Waals surface area contributed by atoms with Gasteiger partial charge in [0.1, 0.15) is 0 Å². The van der Waals surface area contributed by atoms with Crippen LogP contribution in [0.2, 0.25) is 5.02 Å². The summed E-state index contributed by atoms with van der Waals surface area (Å²) < 4.78 is 0. The second-order valence-electron chi connectivity index (χ2n) is 5.96. The van der Waals surface area contributed by atoms with E-state index in [4.69, 9.17) is 11.6 Å². The van der Waals surface area contributed by atoms with Crippen molar-refractivity contribution < 1.29 is 4.79 Å². The molecular weight excluding hydrogens is 296 g/mol. The minimum atomic E-state index is -0.572. The van der Waals surface area contributed by atoms with Gasteiger partial charge < -0.3 is 4.90 Å². The fourth-order valence-electron chi connectivity index (χ4n) is 2.41. The molecule has 4 heteroatoms. The standard InChI is InChI=1S/C18H21ClN2O/c1-18(2,15-4-6-16(19)7-5-15)17(22)21(3)13-10-14-8-11-20-12-9-14/h4-9,11-12H,10,13H2,1-3H3. The normalized spacial score (nSPS) is 11.3. The van der Waals surface area contributed by atoms with Crippen molar-refractivity contribution in [2.45, 2.75) is 25.7 Å². The third-order valence-electron chi connectivity index (χ3n) is 3.93. The van der Waals surface area contributed by atoms with Crippen molar-refractivity contribution in [3.8, 4) is 0 Å². The average Bonchev–Trinajstić information content (AvgIpc) is 2.53. The molecule has 0 saturated heterocycles. The van der Waals surface area contributed by atoms with E-state index in [1.807, 2.05) is 57.3 Å². The number of aromatic nitrogens is 1. The summed E-state index contributed by atoms with van der Waals surface area (Å²) in [5.41, 5.74) is 1.58. The molecular formula is C18H21ClN2O. The Bertz CT molecular complexity index is 623. The summed E-state index contributed by atoms with van der Waals surface area (Å²) in [7, 11) is 1.85. The first-order valence-electron chi connectivity index (χ1n) is 7.32. The molecule has 1 aromatic heterocycles. The van der Waals surface area contributed by atoms with Crippen molar-refractivity contribution in [1.29, 1.82) is 0 Å². The zero-order chi connectivity index (χ0) is 16.2. The SMILES string of the molecule is CN(CCc1ccncc1)C(=O)C(C)(C)c1ccc(Cl)cc1. The summed E-state index contributed by atoms with van der Waals surface area (Å²) in [4.78, 5) is 18.5. The van der Waals surface area contributed by atoms with Gasteiger partial charge in [0.05, 0.1) is 5.41 Å². The molecule has 2 aromatic rings. The van der Waals surface area contributed by atoms with Crippen LogP contribution in [0, 0.1) is 0 Å². The smallest absolute Gasteiger partial charge is 0.232 e. The van der Waals surface area contributed by atoms with E-state index >= 15 is 0 Å². The third-order valence-corrected chi connectivity index (χ3v) is 4.18. The molecule has 22 heavy (non-hydrogen) atoms. The van der Waals surface area contributed by atoms with Gasteiger partial charge in [-0.3, -0.25) is 9.78 Å². The highest BCUT2D eigenvalue weighted by molar-refractivity contribution is 6.30. The monoisotopic (exact) mass is 316 g/mol. The molecule has 1 amide bonds. The lowest BCUT2D eigenvalue weighted by atomic mass is 9.83. The highest BCUT2D eigenvalue weighted by Gasteiger charge is 2.32. The summed E-state index contributed by atoms with van der Waals surface area (Å²) in [6, 6.07) is 11.4. The van der Waals surface area contributed by atoms with Crippen molar-refractivity contribution in [3.63, 3.8) is 0 Å². The number of nitrogens with zero attached hydrogens (tertiary/aromatic N) is 2. The molecule has 1 heterocycles. The zero-order valence-corrected chi connectivity index (χ0v) is 14.0. The Labute approximate surface area is 136 Å². The third kappa shape index (κ3) is 3.86. The minimum Gasteiger partial charge on any atom is -0.345 e. The molecule has 0 aliphatic rings. The number of hydrogen-bond acceptors (Lipinski definition) is 2.